The van der Waals surface area contributed by atoms with Crippen molar-refractivity contribution >= 4 is 17.6 Å². The number of fused-ring (bicyclic) bond motifs is 1. The van der Waals surface area contributed by atoms with Crippen LogP contribution in [0.4, 0.5) is 5.95 Å². The number of rotatable bonds is 4. The average Bonchev–Trinajstić information content (AvgIpc) is 2.91. The minimum absolute atomic E-state index is 0.107. The summed E-state index contributed by atoms with van der Waals surface area (Å²) in [6.07, 6.45) is 0.708. The van der Waals surface area contributed by atoms with Crippen molar-refractivity contribution in [3.05, 3.63) is 53.3 Å². The van der Waals surface area contributed by atoms with Gasteiger partial charge in [-0.1, -0.05) is 37.3 Å². The number of benzene rings is 1. The van der Waals surface area contributed by atoms with Gasteiger partial charge >= 0.3 is 0 Å². The molecule has 0 radical (unpaired) electrons. The van der Waals surface area contributed by atoms with E-state index in [1.54, 1.807) is 4.52 Å². The Morgan fingerprint density at radius 1 is 1.22 bits per heavy atom. The molecular weight excluding hydrogens is 290 g/mol. The maximum absolute atomic E-state index is 12.6. The van der Waals surface area contributed by atoms with Gasteiger partial charge in [0.25, 0.3) is 11.7 Å². The molecule has 2 aromatic heterocycles. The molecule has 118 valence electrons. The minimum atomic E-state index is -0.224. The highest BCUT2D eigenvalue weighted by Gasteiger charge is 2.20. The molecule has 0 aliphatic rings. The molecule has 1 amide bonds. The number of aromatic nitrogens is 4. The Labute approximate surface area is 134 Å². The van der Waals surface area contributed by atoms with Gasteiger partial charge in [-0.2, -0.15) is 9.50 Å². The van der Waals surface area contributed by atoms with E-state index in [1.165, 1.54) is 0 Å². The first-order chi connectivity index (χ1) is 11.1. The highest BCUT2D eigenvalue weighted by Crippen LogP contribution is 2.21. The van der Waals surface area contributed by atoms with Gasteiger partial charge in [0, 0.05) is 11.4 Å². The molecule has 0 fully saturated rings. The summed E-state index contributed by atoms with van der Waals surface area (Å²) in [5, 5.41) is 7.12. The standard InChI is InChI=1S/C17H19N5O/c1-4-14(13-8-6-5-7-9-13)15(23)19-16-20-17-18-11(2)10-12(3)22(17)21-16/h5-10,14H,4H2,1-3H3,(H,19,21,23)/t14-/m1/s1. The van der Waals surface area contributed by atoms with E-state index in [0.717, 1.165) is 17.0 Å². The van der Waals surface area contributed by atoms with E-state index in [4.69, 9.17) is 0 Å². The number of hydrogen-bond acceptors (Lipinski definition) is 4. The molecular formula is C17H19N5O. The quantitative estimate of drug-likeness (QED) is 0.804. The summed E-state index contributed by atoms with van der Waals surface area (Å²) in [4.78, 5) is 21.2. The van der Waals surface area contributed by atoms with Gasteiger partial charge in [-0.25, -0.2) is 4.98 Å². The van der Waals surface area contributed by atoms with E-state index in [1.807, 2.05) is 57.2 Å². The van der Waals surface area contributed by atoms with Crippen molar-refractivity contribution in [1.82, 2.24) is 19.6 Å². The highest BCUT2D eigenvalue weighted by molar-refractivity contribution is 5.94. The molecule has 0 bridgehead atoms. The predicted octanol–water partition coefficient (Wildman–Crippen LogP) is 2.87. The third kappa shape index (κ3) is 3.06. The van der Waals surface area contributed by atoms with Gasteiger partial charge in [-0.3, -0.25) is 10.1 Å². The zero-order valence-corrected chi connectivity index (χ0v) is 13.4. The molecule has 0 spiro atoms. The molecule has 3 rings (SSSR count). The Hall–Kier alpha value is -2.76. The number of nitrogens with one attached hydrogen (secondary N) is 1. The number of hydrogen-bond donors (Lipinski definition) is 1. The lowest BCUT2D eigenvalue weighted by Crippen LogP contribution is -2.21. The fourth-order valence-corrected chi connectivity index (χ4v) is 2.67. The van der Waals surface area contributed by atoms with Gasteiger partial charge in [0.1, 0.15) is 0 Å². The average molecular weight is 309 g/mol. The number of aryl methyl sites for hydroxylation is 2. The minimum Gasteiger partial charge on any atom is -0.293 e. The lowest BCUT2D eigenvalue weighted by molar-refractivity contribution is -0.117. The van der Waals surface area contributed by atoms with Crippen LogP contribution < -0.4 is 5.32 Å². The molecule has 2 heterocycles. The summed E-state index contributed by atoms with van der Waals surface area (Å²) in [6.45, 7) is 5.83. The van der Waals surface area contributed by atoms with Crippen molar-refractivity contribution in [2.75, 3.05) is 5.32 Å². The number of carbonyl (C=O) groups is 1. The SMILES string of the molecule is CC[C@@H](C(=O)Nc1nc2nc(C)cc(C)n2n1)c1ccccc1. The molecule has 0 saturated heterocycles. The van der Waals surface area contributed by atoms with Crippen molar-refractivity contribution in [2.24, 2.45) is 0 Å². The fourth-order valence-electron chi connectivity index (χ4n) is 2.67. The third-order valence-electron chi connectivity index (χ3n) is 3.78. The Balaban J connectivity index is 1.86. The Morgan fingerprint density at radius 2 is 1.96 bits per heavy atom. The van der Waals surface area contributed by atoms with E-state index in [0.29, 0.717) is 12.2 Å². The molecule has 1 N–H and O–H groups in total. The summed E-state index contributed by atoms with van der Waals surface area (Å²) in [5.74, 6) is 0.443. The molecule has 6 heteroatoms. The second-order valence-corrected chi connectivity index (χ2v) is 5.55. The highest BCUT2D eigenvalue weighted by atomic mass is 16.2. The predicted molar refractivity (Wildman–Crippen MR) is 88.4 cm³/mol. The smallest absolute Gasteiger partial charge is 0.254 e. The van der Waals surface area contributed by atoms with Gasteiger partial charge in [0.2, 0.25) is 5.91 Å². The molecule has 0 aliphatic carbocycles. The normalized spacial score (nSPS) is 12.3. The van der Waals surface area contributed by atoms with Crippen molar-refractivity contribution in [1.29, 1.82) is 0 Å². The second kappa shape index (κ2) is 6.16. The van der Waals surface area contributed by atoms with Crippen molar-refractivity contribution in [3.63, 3.8) is 0 Å². The molecule has 3 aromatic rings. The van der Waals surface area contributed by atoms with Crippen molar-refractivity contribution < 1.29 is 4.79 Å². The molecule has 0 unspecified atom stereocenters. The summed E-state index contributed by atoms with van der Waals surface area (Å²) in [6, 6.07) is 11.6. The van der Waals surface area contributed by atoms with E-state index in [9.17, 15) is 4.79 Å². The Morgan fingerprint density at radius 3 is 2.65 bits per heavy atom. The van der Waals surface area contributed by atoms with Crippen LogP contribution in [0.3, 0.4) is 0 Å². The zero-order valence-electron chi connectivity index (χ0n) is 13.4. The molecule has 0 saturated carbocycles. The monoisotopic (exact) mass is 309 g/mol. The zero-order chi connectivity index (χ0) is 16.4. The van der Waals surface area contributed by atoms with E-state index >= 15 is 0 Å². The fraction of sp³-hybridized carbons (Fsp3) is 0.294. The van der Waals surface area contributed by atoms with Crippen LogP contribution in [0.5, 0.6) is 0 Å². The molecule has 6 nitrogen and oxygen atoms in total. The Kier molecular flexibility index (Phi) is 4.06. The van der Waals surface area contributed by atoms with E-state index in [-0.39, 0.29) is 17.8 Å². The maximum Gasteiger partial charge on any atom is 0.254 e. The first-order valence-corrected chi connectivity index (χ1v) is 7.65. The van der Waals surface area contributed by atoms with Gasteiger partial charge in [-0.15, -0.1) is 5.10 Å². The van der Waals surface area contributed by atoms with Crippen LogP contribution in [0.2, 0.25) is 0 Å². The Bertz CT molecular complexity index is 841. The van der Waals surface area contributed by atoms with Crippen LogP contribution in [0.15, 0.2) is 36.4 Å². The summed E-state index contributed by atoms with van der Waals surface area (Å²) < 4.78 is 1.63. The number of nitrogens with zero attached hydrogens (tertiary/aromatic N) is 4. The second-order valence-electron chi connectivity index (χ2n) is 5.55. The topological polar surface area (TPSA) is 72.2 Å². The molecule has 0 aliphatic heterocycles. The molecule has 1 aromatic carbocycles. The summed E-state index contributed by atoms with van der Waals surface area (Å²) >= 11 is 0. The largest absolute Gasteiger partial charge is 0.293 e. The lowest BCUT2D eigenvalue weighted by atomic mass is 9.96. The number of anilines is 1. The number of carbonyl (C=O) groups excluding carboxylic acids is 1. The van der Waals surface area contributed by atoms with Crippen molar-refractivity contribution in [3.8, 4) is 0 Å². The summed E-state index contributed by atoms with van der Waals surface area (Å²) in [7, 11) is 0. The van der Waals surface area contributed by atoms with E-state index in [2.05, 4.69) is 20.4 Å². The van der Waals surface area contributed by atoms with Gasteiger partial charge in [0.05, 0.1) is 5.92 Å². The maximum atomic E-state index is 12.6. The van der Waals surface area contributed by atoms with Crippen LogP contribution in [-0.2, 0) is 4.79 Å². The third-order valence-corrected chi connectivity index (χ3v) is 3.78. The first-order valence-electron chi connectivity index (χ1n) is 7.65. The molecule has 23 heavy (non-hydrogen) atoms. The van der Waals surface area contributed by atoms with Crippen LogP contribution in [0, 0.1) is 13.8 Å². The van der Waals surface area contributed by atoms with Gasteiger partial charge in [-0.05, 0) is 31.9 Å². The van der Waals surface area contributed by atoms with Crippen LogP contribution in [-0.4, -0.2) is 25.5 Å². The lowest BCUT2D eigenvalue weighted by Gasteiger charge is -2.13. The number of amides is 1. The van der Waals surface area contributed by atoms with Gasteiger partial charge < -0.3 is 0 Å². The van der Waals surface area contributed by atoms with Crippen LogP contribution in [0.1, 0.15) is 36.2 Å². The van der Waals surface area contributed by atoms with Crippen LogP contribution in [0.25, 0.3) is 5.78 Å². The van der Waals surface area contributed by atoms with E-state index < -0.39 is 0 Å². The van der Waals surface area contributed by atoms with Gasteiger partial charge in [0.15, 0.2) is 0 Å². The first kappa shape index (κ1) is 15.1. The van der Waals surface area contributed by atoms with Crippen LogP contribution >= 0.6 is 0 Å². The molecule has 1 atom stereocenters. The summed E-state index contributed by atoms with van der Waals surface area (Å²) in [5.41, 5.74) is 2.79. The van der Waals surface area contributed by atoms with Crippen molar-refractivity contribution in [2.45, 2.75) is 33.1 Å².